The Morgan fingerprint density at radius 1 is 1.53 bits per heavy atom. The van der Waals surface area contributed by atoms with Gasteiger partial charge in [-0.1, -0.05) is 0 Å². The van der Waals surface area contributed by atoms with Crippen molar-refractivity contribution in [3.63, 3.8) is 0 Å². The normalized spacial score (nSPS) is 31.2. The van der Waals surface area contributed by atoms with Crippen LogP contribution in [0, 0.1) is 11.3 Å². The highest BCUT2D eigenvalue weighted by atomic mass is 16.6. The molecule has 0 aromatic rings. The van der Waals surface area contributed by atoms with Gasteiger partial charge in [0.15, 0.2) is 0 Å². The summed E-state index contributed by atoms with van der Waals surface area (Å²) in [5, 5.41) is 0. The van der Waals surface area contributed by atoms with Crippen molar-refractivity contribution in [2.75, 3.05) is 32.9 Å². The van der Waals surface area contributed by atoms with Crippen LogP contribution in [0.1, 0.15) is 27.2 Å². The van der Waals surface area contributed by atoms with Gasteiger partial charge in [-0.25, -0.2) is 10.7 Å². The molecule has 0 saturated carbocycles. The van der Waals surface area contributed by atoms with Gasteiger partial charge in [0.25, 0.3) is 0 Å². The van der Waals surface area contributed by atoms with E-state index in [1.165, 1.54) is 0 Å². The van der Waals surface area contributed by atoms with Crippen LogP contribution in [0.5, 0.6) is 0 Å². The summed E-state index contributed by atoms with van der Waals surface area (Å²) < 4.78 is 10.9. The molecule has 6 heteroatoms. The Morgan fingerprint density at radius 3 is 2.79 bits per heavy atom. The van der Waals surface area contributed by atoms with E-state index in [2.05, 4.69) is 0 Å². The lowest BCUT2D eigenvalue weighted by atomic mass is 9.78. The zero-order valence-electron chi connectivity index (χ0n) is 12.0. The Balaban J connectivity index is 2.03. The number of ether oxygens (including phenoxy) is 2. The quantitative estimate of drug-likeness (QED) is 0.763. The van der Waals surface area contributed by atoms with Gasteiger partial charge in [-0.2, -0.15) is 0 Å². The molecule has 2 atom stereocenters. The number of carbonyl (C=O) groups is 1. The fourth-order valence-electron chi connectivity index (χ4n) is 2.91. The van der Waals surface area contributed by atoms with E-state index in [4.69, 9.17) is 20.2 Å². The predicted molar refractivity (Wildman–Crippen MR) is 69.3 cm³/mol. The number of carbonyl (C=O) groups excluding carboxylic acids is 1. The standard InChI is InChI=1S/C13H24N2O4/c1-12(2,3)19-11(16)15-6-10(7-18-14)13(8-15)4-5-17-9-13/h10H,4-9,14H2,1-3H3. The lowest BCUT2D eigenvalue weighted by molar-refractivity contribution is 0.0268. The van der Waals surface area contributed by atoms with Crippen molar-refractivity contribution >= 4 is 6.09 Å². The maximum absolute atomic E-state index is 12.1. The minimum absolute atomic E-state index is 0.0176. The molecule has 1 amide bonds. The zero-order valence-corrected chi connectivity index (χ0v) is 12.0. The van der Waals surface area contributed by atoms with Gasteiger partial charge >= 0.3 is 6.09 Å². The van der Waals surface area contributed by atoms with Crippen LogP contribution >= 0.6 is 0 Å². The van der Waals surface area contributed by atoms with Crippen LogP contribution in [0.15, 0.2) is 0 Å². The van der Waals surface area contributed by atoms with Crippen LogP contribution in [-0.2, 0) is 14.3 Å². The van der Waals surface area contributed by atoms with Crippen molar-refractivity contribution in [1.82, 2.24) is 4.90 Å². The first kappa shape index (κ1) is 14.6. The third kappa shape index (κ3) is 3.19. The van der Waals surface area contributed by atoms with Gasteiger partial charge in [0.2, 0.25) is 0 Å². The number of hydrogen-bond acceptors (Lipinski definition) is 5. The molecule has 0 radical (unpaired) electrons. The van der Waals surface area contributed by atoms with E-state index >= 15 is 0 Å². The zero-order chi connectivity index (χ0) is 14.1. The molecule has 2 unspecified atom stereocenters. The summed E-state index contributed by atoms with van der Waals surface area (Å²) in [5.74, 6) is 5.42. The topological polar surface area (TPSA) is 74.0 Å². The summed E-state index contributed by atoms with van der Waals surface area (Å²) in [6.45, 7) is 8.75. The molecule has 2 aliphatic rings. The van der Waals surface area contributed by atoms with Crippen molar-refractivity contribution < 1.29 is 19.1 Å². The van der Waals surface area contributed by atoms with E-state index < -0.39 is 5.60 Å². The molecular formula is C13H24N2O4. The molecule has 0 aromatic carbocycles. The summed E-state index contributed by atoms with van der Waals surface area (Å²) in [4.78, 5) is 18.7. The molecule has 6 nitrogen and oxygen atoms in total. The van der Waals surface area contributed by atoms with Crippen molar-refractivity contribution in [2.24, 2.45) is 17.2 Å². The third-order valence-corrected chi connectivity index (χ3v) is 3.90. The molecule has 2 aliphatic heterocycles. The van der Waals surface area contributed by atoms with Crippen LogP contribution in [0.4, 0.5) is 4.79 Å². The van der Waals surface area contributed by atoms with Crippen molar-refractivity contribution in [3.8, 4) is 0 Å². The molecule has 2 heterocycles. The maximum atomic E-state index is 12.1. The summed E-state index contributed by atoms with van der Waals surface area (Å²) in [5.41, 5.74) is -0.491. The minimum atomic E-state index is -0.473. The number of hydrogen-bond donors (Lipinski definition) is 1. The molecule has 19 heavy (non-hydrogen) atoms. The average molecular weight is 272 g/mol. The monoisotopic (exact) mass is 272 g/mol. The minimum Gasteiger partial charge on any atom is -0.444 e. The van der Waals surface area contributed by atoms with Crippen LogP contribution in [-0.4, -0.2) is 49.5 Å². The Morgan fingerprint density at radius 2 is 2.26 bits per heavy atom. The van der Waals surface area contributed by atoms with Gasteiger partial charge in [0.05, 0.1) is 13.2 Å². The largest absolute Gasteiger partial charge is 0.444 e. The lowest BCUT2D eigenvalue weighted by Crippen LogP contribution is -2.37. The van der Waals surface area contributed by atoms with Gasteiger partial charge in [-0.05, 0) is 27.2 Å². The van der Waals surface area contributed by atoms with Crippen LogP contribution in [0.2, 0.25) is 0 Å². The molecular weight excluding hydrogens is 248 g/mol. The Hall–Kier alpha value is -0.850. The smallest absolute Gasteiger partial charge is 0.410 e. The van der Waals surface area contributed by atoms with E-state index in [1.54, 1.807) is 4.90 Å². The number of nitrogens with two attached hydrogens (primary N) is 1. The van der Waals surface area contributed by atoms with E-state index in [0.29, 0.717) is 26.3 Å². The molecule has 0 aliphatic carbocycles. The highest BCUT2D eigenvalue weighted by molar-refractivity contribution is 5.68. The van der Waals surface area contributed by atoms with Gasteiger partial charge in [-0.15, -0.1) is 0 Å². The summed E-state index contributed by atoms with van der Waals surface area (Å²) in [6.07, 6.45) is 0.679. The second-order valence-electron chi connectivity index (χ2n) is 6.56. The molecule has 2 N–H and O–H groups in total. The second-order valence-corrected chi connectivity index (χ2v) is 6.56. The molecule has 2 fully saturated rings. The highest BCUT2D eigenvalue weighted by Gasteiger charge is 2.50. The van der Waals surface area contributed by atoms with E-state index in [0.717, 1.165) is 13.0 Å². The molecule has 0 aromatic heterocycles. The SMILES string of the molecule is CC(C)(C)OC(=O)N1CC(CON)C2(CCOC2)C1. The Labute approximate surface area is 114 Å². The van der Waals surface area contributed by atoms with Crippen LogP contribution in [0.25, 0.3) is 0 Å². The van der Waals surface area contributed by atoms with E-state index in [9.17, 15) is 4.79 Å². The Bertz CT molecular complexity index is 334. The van der Waals surface area contributed by atoms with E-state index in [1.807, 2.05) is 20.8 Å². The summed E-state index contributed by atoms with van der Waals surface area (Å²) in [6, 6.07) is 0. The maximum Gasteiger partial charge on any atom is 0.410 e. The van der Waals surface area contributed by atoms with Gasteiger partial charge < -0.3 is 19.2 Å². The molecule has 2 saturated heterocycles. The molecule has 0 bridgehead atoms. The second kappa shape index (κ2) is 5.26. The number of likely N-dealkylation sites (tertiary alicyclic amines) is 1. The fourth-order valence-corrected chi connectivity index (χ4v) is 2.91. The number of amides is 1. The van der Waals surface area contributed by atoms with Crippen LogP contribution in [0.3, 0.4) is 0 Å². The molecule has 110 valence electrons. The van der Waals surface area contributed by atoms with Crippen LogP contribution < -0.4 is 5.90 Å². The van der Waals surface area contributed by atoms with Gasteiger partial charge in [-0.3, -0.25) is 0 Å². The number of rotatable bonds is 2. The predicted octanol–water partition coefficient (Wildman–Crippen LogP) is 1.15. The first-order chi connectivity index (χ1) is 8.86. The van der Waals surface area contributed by atoms with E-state index in [-0.39, 0.29) is 17.4 Å². The lowest BCUT2D eigenvalue weighted by Gasteiger charge is -2.27. The van der Waals surface area contributed by atoms with Crippen molar-refractivity contribution in [1.29, 1.82) is 0 Å². The summed E-state index contributed by atoms with van der Waals surface area (Å²) in [7, 11) is 0. The average Bonchev–Trinajstić information content (AvgIpc) is 2.87. The summed E-state index contributed by atoms with van der Waals surface area (Å²) >= 11 is 0. The fraction of sp³-hybridized carbons (Fsp3) is 0.923. The Kier molecular flexibility index (Phi) is 4.03. The molecule has 2 rings (SSSR count). The highest BCUT2D eigenvalue weighted by Crippen LogP contribution is 2.43. The first-order valence-corrected chi connectivity index (χ1v) is 6.74. The van der Waals surface area contributed by atoms with Crippen molar-refractivity contribution in [3.05, 3.63) is 0 Å². The molecule has 1 spiro atoms. The number of nitrogens with zero attached hydrogens (tertiary/aromatic N) is 1. The first-order valence-electron chi connectivity index (χ1n) is 6.74. The third-order valence-electron chi connectivity index (χ3n) is 3.90. The van der Waals surface area contributed by atoms with Crippen molar-refractivity contribution in [2.45, 2.75) is 32.8 Å². The van der Waals surface area contributed by atoms with Gasteiger partial charge in [0.1, 0.15) is 5.60 Å². The van der Waals surface area contributed by atoms with Gasteiger partial charge in [0, 0.05) is 31.0 Å².